The molecule has 12 heteroatoms. The third-order valence-electron chi connectivity index (χ3n) is 6.01. The zero-order chi connectivity index (χ0) is 31.6. The highest BCUT2D eigenvalue weighted by atomic mass is 32.2. The van der Waals surface area contributed by atoms with Crippen LogP contribution >= 0.6 is 11.8 Å². The van der Waals surface area contributed by atoms with E-state index in [0.717, 1.165) is 24.0 Å². The Balaban J connectivity index is 1.79. The van der Waals surface area contributed by atoms with Gasteiger partial charge in [-0.2, -0.15) is 18.4 Å². The number of nitrogens with one attached hydrogen (secondary N) is 1. The molecule has 0 aliphatic rings. The molecular formula is C31H29F3N6O2S. The number of alkyl halides is 3. The fourth-order valence-electron chi connectivity index (χ4n) is 3.89. The van der Waals surface area contributed by atoms with E-state index in [2.05, 4.69) is 15.3 Å². The number of nitrogens with two attached hydrogens (primary N) is 1. The molecule has 0 atom stereocenters. The molecule has 3 aromatic carbocycles. The van der Waals surface area contributed by atoms with Gasteiger partial charge in [0.1, 0.15) is 28.8 Å². The molecule has 3 rings (SSSR count). The number of nitriles is 1. The Hall–Kier alpha value is -4.89. The first-order chi connectivity index (χ1) is 20.5. The third kappa shape index (κ3) is 8.56. The minimum Gasteiger partial charge on any atom is -0.383 e. The van der Waals surface area contributed by atoms with Gasteiger partial charge >= 0.3 is 6.18 Å². The Morgan fingerprint density at radius 3 is 2.30 bits per heavy atom. The molecule has 0 spiro atoms. The minimum absolute atomic E-state index is 0.0817. The van der Waals surface area contributed by atoms with Crippen LogP contribution in [0.25, 0.3) is 0 Å². The van der Waals surface area contributed by atoms with Gasteiger partial charge in [0.15, 0.2) is 0 Å². The van der Waals surface area contributed by atoms with Crippen molar-refractivity contribution in [1.29, 1.82) is 5.26 Å². The first kappa shape index (κ1) is 32.6. The molecule has 0 aromatic heterocycles. The lowest BCUT2D eigenvalue weighted by Gasteiger charge is -2.25. The second-order valence-corrected chi connectivity index (χ2v) is 10.5. The van der Waals surface area contributed by atoms with Gasteiger partial charge < -0.3 is 11.1 Å². The van der Waals surface area contributed by atoms with Crippen LogP contribution in [0.3, 0.4) is 0 Å². The molecule has 0 aliphatic carbocycles. The van der Waals surface area contributed by atoms with Gasteiger partial charge in [-0.15, -0.1) is 11.8 Å². The molecule has 0 heterocycles. The molecular weight excluding hydrogens is 577 g/mol. The summed E-state index contributed by atoms with van der Waals surface area (Å²) < 4.78 is 38.1. The van der Waals surface area contributed by atoms with E-state index in [1.165, 1.54) is 28.8 Å². The molecule has 0 saturated carbocycles. The van der Waals surface area contributed by atoms with Crippen molar-refractivity contribution in [1.82, 2.24) is 0 Å². The van der Waals surface area contributed by atoms with E-state index in [0.29, 0.717) is 29.1 Å². The summed E-state index contributed by atoms with van der Waals surface area (Å²) in [5, 5.41) is 12.8. The number of carbonyl (C=O) groups is 2. The third-order valence-corrected chi connectivity index (χ3v) is 6.98. The number of thioether (sulfide) groups is 1. The summed E-state index contributed by atoms with van der Waals surface area (Å²) in [6, 6.07) is 19.9. The van der Waals surface area contributed by atoms with Crippen molar-refractivity contribution in [2.45, 2.75) is 32.9 Å². The van der Waals surface area contributed by atoms with Gasteiger partial charge in [0.25, 0.3) is 5.91 Å². The van der Waals surface area contributed by atoms with Crippen LogP contribution in [0.1, 0.15) is 43.4 Å². The Morgan fingerprint density at radius 1 is 1.09 bits per heavy atom. The van der Waals surface area contributed by atoms with Gasteiger partial charge in [-0.3, -0.25) is 14.5 Å². The molecule has 0 saturated heterocycles. The van der Waals surface area contributed by atoms with Crippen LogP contribution in [0.2, 0.25) is 0 Å². The molecule has 3 aromatic rings. The van der Waals surface area contributed by atoms with Gasteiger partial charge in [-0.25, -0.2) is 9.98 Å². The maximum Gasteiger partial charge on any atom is 0.416 e. The number of benzene rings is 3. The monoisotopic (exact) mass is 606 g/mol. The summed E-state index contributed by atoms with van der Waals surface area (Å²) in [5.74, 6) is -0.00245. The molecule has 2 amide bonds. The van der Waals surface area contributed by atoms with Crippen molar-refractivity contribution >= 4 is 53.3 Å². The molecule has 0 fully saturated rings. The van der Waals surface area contributed by atoms with Gasteiger partial charge in [-0.05, 0) is 71.8 Å². The number of nitrogens with zero attached hydrogens (tertiary/aromatic N) is 4. The average Bonchev–Trinajstić information content (AvgIpc) is 2.98. The maximum atomic E-state index is 13.2. The Labute approximate surface area is 251 Å². The van der Waals surface area contributed by atoms with E-state index in [9.17, 15) is 28.0 Å². The summed E-state index contributed by atoms with van der Waals surface area (Å²) >= 11 is 1.21. The fraction of sp³-hybridized carbons (Fsp3) is 0.194. The van der Waals surface area contributed by atoms with Crippen LogP contribution in [0.5, 0.6) is 0 Å². The highest BCUT2D eigenvalue weighted by Gasteiger charge is 2.30. The van der Waals surface area contributed by atoms with Crippen LogP contribution in [0.15, 0.2) is 93.4 Å². The molecule has 0 bridgehead atoms. The number of aliphatic imine (C=N–C) groups is 2. The number of rotatable bonds is 11. The second kappa shape index (κ2) is 14.8. The molecule has 0 aliphatic heterocycles. The topological polar surface area (TPSA) is 124 Å². The summed E-state index contributed by atoms with van der Waals surface area (Å²) in [6.45, 7) is 5.83. The molecule has 0 radical (unpaired) electrons. The van der Waals surface area contributed by atoms with E-state index in [1.807, 2.05) is 39.0 Å². The van der Waals surface area contributed by atoms with Gasteiger partial charge in [0.2, 0.25) is 6.41 Å². The lowest BCUT2D eigenvalue weighted by Crippen LogP contribution is -2.26. The van der Waals surface area contributed by atoms with Crippen molar-refractivity contribution in [3.8, 4) is 6.07 Å². The normalized spacial score (nSPS) is 12.6. The summed E-state index contributed by atoms with van der Waals surface area (Å²) in [4.78, 5) is 34.8. The molecule has 43 heavy (non-hydrogen) atoms. The first-order valence-corrected chi connectivity index (χ1v) is 14.0. The van der Waals surface area contributed by atoms with E-state index in [4.69, 9.17) is 5.73 Å². The number of anilines is 2. The summed E-state index contributed by atoms with van der Waals surface area (Å²) in [5.41, 5.74) is 7.61. The quantitative estimate of drug-likeness (QED) is 0.0801. The molecule has 0 unspecified atom stereocenters. The second-order valence-electron chi connectivity index (χ2n) is 9.25. The van der Waals surface area contributed by atoms with Crippen LogP contribution in [0.4, 0.5) is 30.2 Å². The van der Waals surface area contributed by atoms with Crippen molar-refractivity contribution in [3.05, 3.63) is 100 Å². The van der Waals surface area contributed by atoms with Crippen LogP contribution in [-0.2, 0) is 15.8 Å². The number of carbonyl (C=O) groups excluding carboxylic acids is 2. The van der Waals surface area contributed by atoms with Crippen LogP contribution < -0.4 is 16.0 Å². The number of hydrogen-bond acceptors (Lipinski definition) is 5. The molecule has 222 valence electrons. The summed E-state index contributed by atoms with van der Waals surface area (Å²) in [7, 11) is 0. The van der Waals surface area contributed by atoms with Crippen LogP contribution in [-0.4, -0.2) is 30.2 Å². The summed E-state index contributed by atoms with van der Waals surface area (Å²) in [6.07, 6.45) is -2.71. The van der Waals surface area contributed by atoms with Gasteiger partial charge in [0.05, 0.1) is 16.9 Å². The number of halogens is 3. The van der Waals surface area contributed by atoms with E-state index in [1.54, 1.807) is 36.4 Å². The van der Waals surface area contributed by atoms with Gasteiger partial charge in [0, 0.05) is 11.3 Å². The van der Waals surface area contributed by atoms with Crippen molar-refractivity contribution in [2.75, 3.05) is 16.0 Å². The average molecular weight is 607 g/mol. The lowest BCUT2D eigenvalue weighted by atomic mass is 10.0. The SMILES string of the molecule is CCS/C(=C(/C#N)C(=O)Nc1ccc(C(N)=NC=Nc2ccc(C(F)(F)F)cc2)cc1)N(C=O)c1ccccc1C(C)C. The maximum absolute atomic E-state index is 13.2. The predicted octanol–water partition coefficient (Wildman–Crippen LogP) is 6.98. The largest absolute Gasteiger partial charge is 0.416 e. The van der Waals surface area contributed by atoms with E-state index >= 15 is 0 Å². The van der Waals surface area contributed by atoms with E-state index in [-0.39, 0.29) is 28.0 Å². The van der Waals surface area contributed by atoms with Crippen LogP contribution in [0, 0.1) is 11.3 Å². The highest BCUT2D eigenvalue weighted by Crippen LogP contribution is 2.34. The van der Waals surface area contributed by atoms with Crippen molar-refractivity contribution in [2.24, 2.45) is 15.7 Å². The predicted molar refractivity (Wildman–Crippen MR) is 165 cm³/mol. The van der Waals surface area contributed by atoms with Gasteiger partial charge in [-0.1, -0.05) is 39.0 Å². The smallest absolute Gasteiger partial charge is 0.383 e. The number of hydrogen-bond donors (Lipinski definition) is 2. The molecule has 8 nitrogen and oxygen atoms in total. The number of para-hydroxylation sites is 1. The fourth-order valence-corrected chi connectivity index (χ4v) is 4.73. The minimum atomic E-state index is -4.44. The number of amidine groups is 1. The zero-order valence-corrected chi connectivity index (χ0v) is 24.4. The Morgan fingerprint density at radius 2 is 1.74 bits per heavy atom. The number of amides is 2. The first-order valence-electron chi connectivity index (χ1n) is 13.1. The molecule has 3 N–H and O–H groups in total. The van der Waals surface area contributed by atoms with E-state index < -0.39 is 17.6 Å². The highest BCUT2D eigenvalue weighted by molar-refractivity contribution is 8.03. The van der Waals surface area contributed by atoms with Crippen molar-refractivity contribution < 1.29 is 22.8 Å². The zero-order valence-electron chi connectivity index (χ0n) is 23.6. The lowest BCUT2D eigenvalue weighted by molar-refractivity contribution is -0.137. The Kier molecular flexibility index (Phi) is 11.3. The Bertz CT molecular complexity index is 1570. The van der Waals surface area contributed by atoms with Crippen molar-refractivity contribution in [3.63, 3.8) is 0 Å². The standard InChI is InChI=1S/C31H29F3N6O2S/c1-4-43-30(40(19-41)27-8-6-5-7-25(27)20(2)3)26(17-35)29(42)39-24-13-9-21(10-14-24)28(36)38-18-37-23-15-11-22(12-16-23)31(32,33)34/h5-16,18-20H,4H2,1-3H3,(H,39,42)(H2,36,37,38)/b30-26-.